The van der Waals surface area contributed by atoms with Crippen LogP contribution in [0.3, 0.4) is 0 Å². The molecule has 1 unspecified atom stereocenters. The highest BCUT2D eigenvalue weighted by molar-refractivity contribution is 5.34. The summed E-state index contributed by atoms with van der Waals surface area (Å²) in [6, 6.07) is 9.59. The Morgan fingerprint density at radius 3 is 2.71 bits per heavy atom. The molecule has 1 aromatic heterocycles. The van der Waals surface area contributed by atoms with Crippen molar-refractivity contribution in [3.05, 3.63) is 59.4 Å². The molecule has 17 heavy (non-hydrogen) atoms. The molecule has 0 bridgehead atoms. The van der Waals surface area contributed by atoms with Crippen LogP contribution >= 0.6 is 0 Å². The van der Waals surface area contributed by atoms with E-state index in [0.29, 0.717) is 5.75 Å². The number of nitrogens with zero attached hydrogens (tertiary/aromatic N) is 1. The Hall–Kier alpha value is -1.87. The van der Waals surface area contributed by atoms with Crippen LogP contribution in [0, 0.1) is 6.92 Å². The summed E-state index contributed by atoms with van der Waals surface area (Å²) in [4.78, 5) is 4.04. The fraction of sp³-hybridized carbons (Fsp3) is 0.214. The zero-order valence-corrected chi connectivity index (χ0v) is 9.92. The first-order valence-electron chi connectivity index (χ1n) is 5.44. The summed E-state index contributed by atoms with van der Waals surface area (Å²) in [7, 11) is 1.58. The minimum Gasteiger partial charge on any atom is -0.495 e. The number of benzene rings is 1. The van der Waals surface area contributed by atoms with Crippen LogP contribution in [0.15, 0.2) is 42.7 Å². The molecule has 0 saturated carbocycles. The third kappa shape index (κ3) is 2.63. The van der Waals surface area contributed by atoms with E-state index in [1.165, 1.54) is 0 Å². The van der Waals surface area contributed by atoms with Gasteiger partial charge in [0.1, 0.15) is 11.9 Å². The zero-order chi connectivity index (χ0) is 12.3. The monoisotopic (exact) mass is 229 g/mol. The summed E-state index contributed by atoms with van der Waals surface area (Å²) in [5.74, 6) is 0.647. The Labute approximate surface area is 101 Å². The molecule has 88 valence electrons. The maximum Gasteiger partial charge on any atom is 0.137 e. The first kappa shape index (κ1) is 11.6. The van der Waals surface area contributed by atoms with Crippen LogP contribution in [-0.2, 0) is 0 Å². The maximum absolute atomic E-state index is 10.2. The van der Waals surface area contributed by atoms with Gasteiger partial charge in [-0.1, -0.05) is 29.8 Å². The standard InChI is InChI=1S/C14H15NO2/c1-10-4-3-5-11(6-10)14(16)12-7-13(17-2)9-15-8-12/h3-9,14,16H,1-2H3. The predicted octanol–water partition coefficient (Wildman–Crippen LogP) is 2.48. The van der Waals surface area contributed by atoms with Gasteiger partial charge in [0.2, 0.25) is 0 Å². The smallest absolute Gasteiger partial charge is 0.137 e. The van der Waals surface area contributed by atoms with Gasteiger partial charge in [-0.25, -0.2) is 0 Å². The maximum atomic E-state index is 10.2. The molecule has 0 fully saturated rings. The largest absolute Gasteiger partial charge is 0.495 e. The molecule has 1 heterocycles. The molecule has 0 radical (unpaired) electrons. The number of hydrogen-bond donors (Lipinski definition) is 1. The van der Waals surface area contributed by atoms with Gasteiger partial charge in [-0.15, -0.1) is 0 Å². The van der Waals surface area contributed by atoms with Crippen molar-refractivity contribution in [1.29, 1.82) is 0 Å². The number of pyridine rings is 1. The van der Waals surface area contributed by atoms with Crippen molar-refractivity contribution >= 4 is 0 Å². The van der Waals surface area contributed by atoms with Gasteiger partial charge in [0.25, 0.3) is 0 Å². The van der Waals surface area contributed by atoms with Crippen molar-refractivity contribution in [2.45, 2.75) is 13.0 Å². The molecule has 2 aromatic rings. The van der Waals surface area contributed by atoms with Crippen molar-refractivity contribution in [2.75, 3.05) is 7.11 Å². The van der Waals surface area contributed by atoms with E-state index >= 15 is 0 Å². The molecular weight excluding hydrogens is 214 g/mol. The van der Waals surface area contributed by atoms with E-state index in [1.807, 2.05) is 31.2 Å². The molecule has 3 heteroatoms. The molecule has 1 atom stereocenters. The number of aromatic nitrogens is 1. The molecule has 0 aliphatic heterocycles. The molecule has 1 aromatic carbocycles. The second-order valence-electron chi connectivity index (χ2n) is 3.97. The molecule has 0 saturated heterocycles. The van der Waals surface area contributed by atoms with Crippen molar-refractivity contribution in [3.63, 3.8) is 0 Å². The van der Waals surface area contributed by atoms with Crippen LogP contribution in [0.1, 0.15) is 22.8 Å². The predicted molar refractivity (Wildman–Crippen MR) is 66.0 cm³/mol. The lowest BCUT2D eigenvalue weighted by atomic mass is 10.0. The van der Waals surface area contributed by atoms with Gasteiger partial charge >= 0.3 is 0 Å². The van der Waals surface area contributed by atoms with Crippen LogP contribution in [0.4, 0.5) is 0 Å². The van der Waals surface area contributed by atoms with Gasteiger partial charge < -0.3 is 9.84 Å². The number of rotatable bonds is 3. The summed E-state index contributed by atoms with van der Waals surface area (Å²) >= 11 is 0. The quantitative estimate of drug-likeness (QED) is 0.879. The van der Waals surface area contributed by atoms with Gasteiger partial charge in [0.15, 0.2) is 0 Å². The van der Waals surface area contributed by atoms with Gasteiger partial charge in [-0.2, -0.15) is 0 Å². The minimum atomic E-state index is -0.669. The normalized spacial score (nSPS) is 12.2. The highest BCUT2D eigenvalue weighted by atomic mass is 16.5. The molecule has 0 spiro atoms. The van der Waals surface area contributed by atoms with E-state index in [9.17, 15) is 5.11 Å². The number of aliphatic hydroxyl groups is 1. The second-order valence-corrected chi connectivity index (χ2v) is 3.97. The first-order valence-corrected chi connectivity index (χ1v) is 5.44. The van der Waals surface area contributed by atoms with Gasteiger partial charge in [-0.3, -0.25) is 4.98 Å². The fourth-order valence-corrected chi connectivity index (χ4v) is 1.73. The first-order chi connectivity index (χ1) is 8.20. The van der Waals surface area contributed by atoms with Crippen LogP contribution < -0.4 is 4.74 Å². The van der Waals surface area contributed by atoms with E-state index in [0.717, 1.165) is 16.7 Å². The van der Waals surface area contributed by atoms with E-state index in [-0.39, 0.29) is 0 Å². The number of ether oxygens (including phenoxy) is 1. The van der Waals surface area contributed by atoms with E-state index in [2.05, 4.69) is 4.98 Å². The van der Waals surface area contributed by atoms with Crippen LogP contribution in [-0.4, -0.2) is 17.2 Å². The lowest BCUT2D eigenvalue weighted by molar-refractivity contribution is 0.219. The number of aryl methyl sites for hydroxylation is 1. The van der Waals surface area contributed by atoms with E-state index in [1.54, 1.807) is 25.6 Å². The molecule has 0 amide bonds. The van der Waals surface area contributed by atoms with Crippen molar-refractivity contribution in [2.24, 2.45) is 0 Å². The van der Waals surface area contributed by atoms with Crippen LogP contribution in [0.25, 0.3) is 0 Å². The lowest BCUT2D eigenvalue weighted by Crippen LogP contribution is -2.01. The molecule has 0 aliphatic carbocycles. The highest BCUT2D eigenvalue weighted by Gasteiger charge is 2.11. The lowest BCUT2D eigenvalue weighted by Gasteiger charge is -2.12. The zero-order valence-electron chi connectivity index (χ0n) is 9.92. The summed E-state index contributed by atoms with van der Waals surface area (Å²) in [6.07, 6.45) is 2.60. The number of methoxy groups -OCH3 is 1. The Morgan fingerprint density at radius 2 is 2.00 bits per heavy atom. The van der Waals surface area contributed by atoms with E-state index in [4.69, 9.17) is 4.74 Å². The number of aliphatic hydroxyl groups excluding tert-OH is 1. The highest BCUT2D eigenvalue weighted by Crippen LogP contribution is 2.24. The molecule has 2 rings (SSSR count). The molecule has 3 nitrogen and oxygen atoms in total. The Morgan fingerprint density at radius 1 is 1.18 bits per heavy atom. The summed E-state index contributed by atoms with van der Waals surface area (Å²) in [5, 5.41) is 10.2. The molecule has 1 N–H and O–H groups in total. The number of hydrogen-bond acceptors (Lipinski definition) is 3. The average molecular weight is 229 g/mol. The summed E-state index contributed by atoms with van der Waals surface area (Å²) < 4.78 is 5.09. The van der Waals surface area contributed by atoms with Crippen molar-refractivity contribution in [3.8, 4) is 5.75 Å². The third-order valence-corrected chi connectivity index (χ3v) is 2.64. The van der Waals surface area contributed by atoms with Gasteiger partial charge in [0.05, 0.1) is 13.3 Å². The third-order valence-electron chi connectivity index (χ3n) is 2.64. The second kappa shape index (κ2) is 4.97. The van der Waals surface area contributed by atoms with Gasteiger partial charge in [-0.05, 0) is 18.6 Å². The SMILES string of the molecule is COc1cncc(C(O)c2cccc(C)c2)c1. The average Bonchev–Trinajstić information content (AvgIpc) is 2.38. The minimum absolute atomic E-state index is 0.647. The van der Waals surface area contributed by atoms with Gasteiger partial charge in [0, 0.05) is 11.8 Å². The molecule has 0 aliphatic rings. The van der Waals surface area contributed by atoms with Crippen molar-refractivity contribution in [1.82, 2.24) is 4.98 Å². The summed E-state index contributed by atoms with van der Waals surface area (Å²) in [5.41, 5.74) is 2.72. The Balaban J connectivity index is 2.33. The topological polar surface area (TPSA) is 42.4 Å². The summed E-state index contributed by atoms with van der Waals surface area (Å²) in [6.45, 7) is 2.00. The Bertz CT molecular complexity index is 511. The Kier molecular flexibility index (Phi) is 3.40. The van der Waals surface area contributed by atoms with Crippen LogP contribution in [0.5, 0.6) is 5.75 Å². The van der Waals surface area contributed by atoms with Crippen molar-refractivity contribution < 1.29 is 9.84 Å². The fourth-order valence-electron chi connectivity index (χ4n) is 1.73. The van der Waals surface area contributed by atoms with E-state index < -0.39 is 6.10 Å². The van der Waals surface area contributed by atoms with Crippen LogP contribution in [0.2, 0.25) is 0 Å². The molecular formula is C14H15NO2.